The van der Waals surface area contributed by atoms with Crippen LogP contribution in [-0.2, 0) is 9.53 Å². The molecule has 0 radical (unpaired) electrons. The summed E-state index contributed by atoms with van der Waals surface area (Å²) >= 11 is 0. The fourth-order valence-electron chi connectivity index (χ4n) is 3.24. The Hall–Kier alpha value is -2.26. The largest absolute Gasteiger partial charge is 0.378 e. The first-order valence-corrected chi connectivity index (χ1v) is 8.24. The summed E-state index contributed by atoms with van der Waals surface area (Å²) in [5.74, 6) is 1.71. The van der Waals surface area contributed by atoms with Crippen LogP contribution in [0.3, 0.4) is 0 Å². The van der Waals surface area contributed by atoms with Crippen LogP contribution < -0.4 is 10.2 Å². The molecule has 1 unspecified atom stereocenters. The Bertz CT molecular complexity index is 732. The lowest BCUT2D eigenvalue weighted by molar-refractivity contribution is -0.136. The number of anilines is 1. The number of piperazine rings is 1. The van der Waals surface area contributed by atoms with E-state index in [0.29, 0.717) is 32.1 Å². The number of carbonyl (C=O) groups is 1. The molecule has 2 fully saturated rings. The summed E-state index contributed by atoms with van der Waals surface area (Å²) in [4.78, 5) is 25.2. The molecule has 1 amide bonds. The van der Waals surface area contributed by atoms with Crippen molar-refractivity contribution in [3.05, 3.63) is 18.1 Å². The number of carbonyl (C=O) groups excluding carboxylic acids is 1. The summed E-state index contributed by atoms with van der Waals surface area (Å²) < 4.78 is 7.14. The van der Waals surface area contributed by atoms with Crippen molar-refractivity contribution in [2.24, 2.45) is 0 Å². The molecule has 2 aromatic rings. The summed E-state index contributed by atoms with van der Waals surface area (Å²) in [5, 5.41) is 7.48. The van der Waals surface area contributed by atoms with E-state index in [0.717, 1.165) is 31.1 Å². The topological polar surface area (TPSA) is 87.9 Å². The van der Waals surface area contributed by atoms with E-state index in [1.165, 1.54) is 6.33 Å². The zero-order chi connectivity index (χ0) is 16.5. The van der Waals surface area contributed by atoms with Crippen LogP contribution >= 0.6 is 0 Å². The van der Waals surface area contributed by atoms with Gasteiger partial charge in [0.1, 0.15) is 18.2 Å². The number of morpholine rings is 1. The molecule has 0 aliphatic carbocycles. The highest BCUT2D eigenvalue weighted by molar-refractivity contribution is 5.82. The molecular weight excluding hydrogens is 310 g/mol. The summed E-state index contributed by atoms with van der Waals surface area (Å²) in [6.07, 6.45) is 1.51. The highest BCUT2D eigenvalue weighted by atomic mass is 16.5. The molecule has 4 heterocycles. The number of hydrogen-bond donors (Lipinski definition) is 1. The Morgan fingerprint density at radius 1 is 1.33 bits per heavy atom. The molecule has 9 heteroatoms. The molecule has 2 aromatic heterocycles. The van der Waals surface area contributed by atoms with Crippen molar-refractivity contribution in [1.29, 1.82) is 0 Å². The number of ether oxygens (including phenoxy) is 1. The van der Waals surface area contributed by atoms with Crippen molar-refractivity contribution in [2.45, 2.75) is 13.0 Å². The first-order valence-electron chi connectivity index (χ1n) is 8.24. The van der Waals surface area contributed by atoms with Crippen LogP contribution in [-0.4, -0.2) is 82.4 Å². The molecule has 9 nitrogen and oxygen atoms in total. The van der Waals surface area contributed by atoms with Gasteiger partial charge in [0, 0.05) is 44.5 Å². The second-order valence-corrected chi connectivity index (χ2v) is 6.12. The van der Waals surface area contributed by atoms with Gasteiger partial charge in [-0.25, -0.2) is 4.98 Å². The average Bonchev–Trinajstić information content (AvgIpc) is 3.09. The Kier molecular flexibility index (Phi) is 4.03. The number of amides is 1. The lowest BCUT2D eigenvalue weighted by Crippen LogP contribution is -2.57. The number of fused-ring (bicyclic) bond motifs is 1. The van der Waals surface area contributed by atoms with Gasteiger partial charge in [-0.2, -0.15) is 14.6 Å². The van der Waals surface area contributed by atoms with Crippen molar-refractivity contribution in [3.63, 3.8) is 0 Å². The Morgan fingerprint density at radius 2 is 2.17 bits per heavy atom. The SMILES string of the molecule is Cc1cc(N2CCN(C(=O)C3COCCN3)CC2)n2ncnc2n1. The van der Waals surface area contributed by atoms with Crippen molar-refractivity contribution in [1.82, 2.24) is 29.8 Å². The minimum atomic E-state index is -0.213. The Labute approximate surface area is 139 Å². The lowest BCUT2D eigenvalue weighted by Gasteiger charge is -2.38. The molecule has 0 aromatic carbocycles. The maximum Gasteiger partial charge on any atom is 0.254 e. The quantitative estimate of drug-likeness (QED) is 0.760. The normalized spacial score (nSPS) is 22.1. The summed E-state index contributed by atoms with van der Waals surface area (Å²) in [6, 6.07) is 1.80. The van der Waals surface area contributed by atoms with Gasteiger partial charge in [-0.1, -0.05) is 0 Å². The van der Waals surface area contributed by atoms with Gasteiger partial charge in [-0.3, -0.25) is 4.79 Å². The third kappa shape index (κ3) is 2.80. The number of aryl methyl sites for hydroxylation is 1. The van der Waals surface area contributed by atoms with E-state index in [1.54, 1.807) is 4.52 Å². The monoisotopic (exact) mass is 331 g/mol. The van der Waals surface area contributed by atoms with Crippen molar-refractivity contribution < 1.29 is 9.53 Å². The molecular formula is C15H21N7O2. The zero-order valence-corrected chi connectivity index (χ0v) is 13.7. The van der Waals surface area contributed by atoms with Gasteiger partial charge in [-0.05, 0) is 6.92 Å². The first kappa shape index (κ1) is 15.3. The highest BCUT2D eigenvalue weighted by Crippen LogP contribution is 2.18. The van der Waals surface area contributed by atoms with Crippen molar-refractivity contribution in [3.8, 4) is 0 Å². The van der Waals surface area contributed by atoms with Crippen LogP contribution in [0, 0.1) is 6.92 Å². The van der Waals surface area contributed by atoms with Gasteiger partial charge in [-0.15, -0.1) is 0 Å². The molecule has 24 heavy (non-hydrogen) atoms. The standard InChI is InChI=1S/C15H21N7O2/c1-11-8-13(22-15(19-11)17-10-18-22)20-3-5-21(6-4-20)14(23)12-9-24-7-2-16-12/h8,10,12,16H,2-7,9H2,1H3. The van der Waals surface area contributed by atoms with Crippen LogP contribution in [0.5, 0.6) is 0 Å². The minimum Gasteiger partial charge on any atom is -0.378 e. The molecule has 2 aliphatic rings. The van der Waals surface area contributed by atoms with E-state index < -0.39 is 0 Å². The fraction of sp³-hybridized carbons (Fsp3) is 0.600. The van der Waals surface area contributed by atoms with E-state index >= 15 is 0 Å². The third-order valence-electron chi connectivity index (χ3n) is 4.50. The van der Waals surface area contributed by atoms with Crippen LogP contribution in [0.1, 0.15) is 5.69 Å². The lowest BCUT2D eigenvalue weighted by atomic mass is 10.2. The number of hydrogen-bond acceptors (Lipinski definition) is 7. The second-order valence-electron chi connectivity index (χ2n) is 6.12. The second kappa shape index (κ2) is 6.33. The predicted molar refractivity (Wildman–Crippen MR) is 86.9 cm³/mol. The molecule has 0 bridgehead atoms. The molecule has 2 saturated heterocycles. The van der Waals surface area contributed by atoms with Crippen LogP contribution in [0.4, 0.5) is 5.82 Å². The summed E-state index contributed by atoms with van der Waals surface area (Å²) in [6.45, 7) is 6.72. The first-order chi connectivity index (χ1) is 11.7. The molecule has 0 spiro atoms. The smallest absolute Gasteiger partial charge is 0.254 e. The van der Waals surface area contributed by atoms with Crippen LogP contribution in [0.15, 0.2) is 12.4 Å². The maximum absolute atomic E-state index is 12.5. The molecule has 128 valence electrons. The fourth-order valence-corrected chi connectivity index (χ4v) is 3.24. The van der Waals surface area contributed by atoms with E-state index in [4.69, 9.17) is 4.74 Å². The zero-order valence-electron chi connectivity index (χ0n) is 13.7. The number of aromatic nitrogens is 4. The minimum absolute atomic E-state index is 0.131. The van der Waals surface area contributed by atoms with Gasteiger partial charge in [0.15, 0.2) is 0 Å². The van der Waals surface area contributed by atoms with Crippen molar-refractivity contribution in [2.75, 3.05) is 50.8 Å². The number of nitrogens with one attached hydrogen (secondary N) is 1. The van der Waals surface area contributed by atoms with E-state index in [9.17, 15) is 4.79 Å². The van der Waals surface area contributed by atoms with E-state index in [-0.39, 0.29) is 11.9 Å². The van der Waals surface area contributed by atoms with Crippen LogP contribution in [0.2, 0.25) is 0 Å². The average molecular weight is 331 g/mol. The van der Waals surface area contributed by atoms with Gasteiger partial charge < -0.3 is 19.9 Å². The molecule has 2 aliphatic heterocycles. The maximum atomic E-state index is 12.5. The Balaban J connectivity index is 1.45. The molecule has 1 atom stereocenters. The summed E-state index contributed by atoms with van der Waals surface area (Å²) in [7, 11) is 0. The van der Waals surface area contributed by atoms with E-state index in [2.05, 4.69) is 25.3 Å². The molecule has 0 saturated carbocycles. The van der Waals surface area contributed by atoms with Gasteiger partial charge in [0.05, 0.1) is 13.2 Å². The van der Waals surface area contributed by atoms with Gasteiger partial charge in [0.2, 0.25) is 5.91 Å². The number of rotatable bonds is 2. The predicted octanol–water partition coefficient (Wildman–Crippen LogP) is -0.930. The molecule has 1 N–H and O–H groups in total. The van der Waals surface area contributed by atoms with Crippen molar-refractivity contribution >= 4 is 17.5 Å². The van der Waals surface area contributed by atoms with Gasteiger partial charge in [0.25, 0.3) is 5.78 Å². The highest BCUT2D eigenvalue weighted by Gasteiger charge is 2.29. The summed E-state index contributed by atoms with van der Waals surface area (Å²) in [5.41, 5.74) is 0.910. The Morgan fingerprint density at radius 3 is 2.92 bits per heavy atom. The van der Waals surface area contributed by atoms with Crippen LogP contribution in [0.25, 0.3) is 5.78 Å². The van der Waals surface area contributed by atoms with E-state index in [1.807, 2.05) is 17.9 Å². The van der Waals surface area contributed by atoms with Gasteiger partial charge >= 0.3 is 0 Å². The molecule has 4 rings (SSSR count). The number of nitrogens with zero attached hydrogens (tertiary/aromatic N) is 6. The third-order valence-corrected chi connectivity index (χ3v) is 4.50.